The van der Waals surface area contributed by atoms with E-state index in [0.29, 0.717) is 5.75 Å². The van der Waals surface area contributed by atoms with Crippen molar-refractivity contribution in [2.45, 2.75) is 11.8 Å². The predicted molar refractivity (Wildman–Crippen MR) is 112 cm³/mol. The molecule has 0 aliphatic rings. The molecule has 0 aliphatic heterocycles. The number of hydrogen-bond acceptors (Lipinski definition) is 3. The number of carbonyl (C=O) groups excluding carboxylic acids is 2. The van der Waals surface area contributed by atoms with E-state index in [9.17, 15) is 9.59 Å². The van der Waals surface area contributed by atoms with E-state index in [-0.39, 0.29) is 11.8 Å². The van der Waals surface area contributed by atoms with Crippen molar-refractivity contribution in [3.8, 4) is 11.1 Å². The minimum Gasteiger partial charge on any atom is -0.326 e. The quantitative estimate of drug-likeness (QED) is 0.592. The van der Waals surface area contributed by atoms with Gasteiger partial charge >= 0.3 is 0 Å². The van der Waals surface area contributed by atoms with Gasteiger partial charge in [0.05, 0.1) is 5.75 Å². The molecule has 0 aliphatic carbocycles. The lowest BCUT2D eigenvalue weighted by molar-refractivity contribution is -0.114. The van der Waals surface area contributed by atoms with Crippen molar-refractivity contribution in [1.82, 2.24) is 0 Å². The standard InChI is InChI=1S/C22H20N2O2S/c1-16(25)23-19-11-13-21(14-12-19)27-15-22(26)24-20-9-7-18(8-10-20)17-5-3-2-4-6-17/h2-14H,15H2,1H3,(H,23,25)(H,24,26). The maximum atomic E-state index is 12.2. The molecule has 0 bridgehead atoms. The molecule has 4 nitrogen and oxygen atoms in total. The minimum absolute atomic E-state index is 0.0570. The molecule has 2 amide bonds. The maximum absolute atomic E-state index is 12.2. The fourth-order valence-corrected chi connectivity index (χ4v) is 3.26. The molecule has 0 aromatic heterocycles. The molecular weight excluding hydrogens is 356 g/mol. The van der Waals surface area contributed by atoms with Gasteiger partial charge in [-0.05, 0) is 47.5 Å². The second-order valence-corrected chi connectivity index (χ2v) is 7.03. The largest absolute Gasteiger partial charge is 0.326 e. The summed E-state index contributed by atoms with van der Waals surface area (Å²) < 4.78 is 0. The van der Waals surface area contributed by atoms with Gasteiger partial charge in [-0.3, -0.25) is 9.59 Å². The first-order chi connectivity index (χ1) is 13.1. The molecular formula is C22H20N2O2S. The second-order valence-electron chi connectivity index (χ2n) is 5.99. The van der Waals surface area contributed by atoms with Gasteiger partial charge in [-0.25, -0.2) is 0 Å². The van der Waals surface area contributed by atoms with E-state index < -0.39 is 0 Å². The Hall–Kier alpha value is -3.05. The lowest BCUT2D eigenvalue weighted by Gasteiger charge is -2.07. The number of rotatable bonds is 6. The summed E-state index contributed by atoms with van der Waals surface area (Å²) in [7, 11) is 0. The van der Waals surface area contributed by atoms with Crippen molar-refractivity contribution in [3.63, 3.8) is 0 Å². The van der Waals surface area contributed by atoms with Crippen LogP contribution in [0.15, 0.2) is 83.8 Å². The fourth-order valence-electron chi connectivity index (χ4n) is 2.56. The van der Waals surface area contributed by atoms with Gasteiger partial charge in [-0.15, -0.1) is 11.8 Å². The van der Waals surface area contributed by atoms with E-state index in [1.54, 1.807) is 0 Å². The summed E-state index contributed by atoms with van der Waals surface area (Å²) in [6, 6.07) is 25.4. The Kier molecular flexibility index (Phi) is 6.28. The lowest BCUT2D eigenvalue weighted by atomic mass is 10.1. The van der Waals surface area contributed by atoms with E-state index in [0.717, 1.165) is 27.4 Å². The third-order valence-electron chi connectivity index (χ3n) is 3.82. The summed E-state index contributed by atoms with van der Waals surface area (Å²) in [6.45, 7) is 1.47. The van der Waals surface area contributed by atoms with Crippen molar-refractivity contribution in [3.05, 3.63) is 78.9 Å². The molecule has 3 aromatic carbocycles. The number of hydrogen-bond donors (Lipinski definition) is 2. The SMILES string of the molecule is CC(=O)Nc1ccc(SCC(=O)Nc2ccc(-c3ccccc3)cc2)cc1. The molecule has 3 rings (SSSR count). The minimum atomic E-state index is -0.104. The zero-order chi connectivity index (χ0) is 19.1. The summed E-state index contributed by atoms with van der Waals surface area (Å²) in [4.78, 5) is 24.2. The molecule has 0 atom stereocenters. The van der Waals surface area contributed by atoms with Crippen molar-refractivity contribution in [2.24, 2.45) is 0 Å². The van der Waals surface area contributed by atoms with Crippen LogP contribution in [0.5, 0.6) is 0 Å². The average molecular weight is 376 g/mol. The van der Waals surface area contributed by atoms with Crippen LogP contribution in [0.1, 0.15) is 6.92 Å². The van der Waals surface area contributed by atoms with Crippen molar-refractivity contribution < 1.29 is 9.59 Å². The normalized spacial score (nSPS) is 10.3. The molecule has 2 N–H and O–H groups in total. The van der Waals surface area contributed by atoms with Gasteiger partial charge in [0.25, 0.3) is 0 Å². The molecule has 0 saturated heterocycles. The fraction of sp³-hybridized carbons (Fsp3) is 0.0909. The Balaban J connectivity index is 1.51. The smallest absolute Gasteiger partial charge is 0.234 e. The number of amides is 2. The van der Waals surface area contributed by atoms with Crippen LogP contribution >= 0.6 is 11.8 Å². The van der Waals surface area contributed by atoms with Gasteiger partial charge in [0, 0.05) is 23.2 Å². The molecule has 0 heterocycles. The Morgan fingerprint density at radius 3 is 1.93 bits per heavy atom. The van der Waals surface area contributed by atoms with Gasteiger partial charge in [-0.1, -0.05) is 42.5 Å². The molecule has 5 heteroatoms. The summed E-state index contributed by atoms with van der Waals surface area (Å²) >= 11 is 1.45. The summed E-state index contributed by atoms with van der Waals surface area (Å²) in [5, 5.41) is 5.63. The third-order valence-corrected chi connectivity index (χ3v) is 4.83. The highest BCUT2D eigenvalue weighted by atomic mass is 32.2. The van der Waals surface area contributed by atoms with E-state index in [4.69, 9.17) is 0 Å². The Morgan fingerprint density at radius 2 is 1.30 bits per heavy atom. The highest BCUT2D eigenvalue weighted by molar-refractivity contribution is 8.00. The zero-order valence-corrected chi connectivity index (χ0v) is 15.8. The summed E-state index contributed by atoms with van der Waals surface area (Å²) in [5.74, 6) is 0.159. The lowest BCUT2D eigenvalue weighted by Crippen LogP contribution is -2.13. The van der Waals surface area contributed by atoms with E-state index in [2.05, 4.69) is 22.8 Å². The first-order valence-electron chi connectivity index (χ1n) is 8.56. The van der Waals surface area contributed by atoms with Crippen LogP contribution < -0.4 is 10.6 Å². The van der Waals surface area contributed by atoms with Gasteiger partial charge in [0.2, 0.25) is 11.8 Å². The van der Waals surface area contributed by atoms with Gasteiger partial charge in [0.15, 0.2) is 0 Å². The van der Waals surface area contributed by atoms with Gasteiger partial charge in [-0.2, -0.15) is 0 Å². The van der Waals surface area contributed by atoms with Crippen molar-refractivity contribution in [1.29, 1.82) is 0 Å². The number of benzene rings is 3. The number of thioether (sulfide) groups is 1. The summed E-state index contributed by atoms with van der Waals surface area (Å²) in [5.41, 5.74) is 3.78. The van der Waals surface area contributed by atoms with Crippen LogP contribution in [-0.2, 0) is 9.59 Å². The number of nitrogens with one attached hydrogen (secondary N) is 2. The molecule has 136 valence electrons. The van der Waals surface area contributed by atoms with Crippen LogP contribution in [0, 0.1) is 0 Å². The zero-order valence-electron chi connectivity index (χ0n) is 14.9. The first kappa shape index (κ1) is 18.7. The van der Waals surface area contributed by atoms with Crippen LogP contribution in [0.4, 0.5) is 11.4 Å². The first-order valence-corrected chi connectivity index (χ1v) is 9.54. The van der Waals surface area contributed by atoms with Gasteiger partial charge < -0.3 is 10.6 Å². The highest BCUT2D eigenvalue weighted by Gasteiger charge is 2.05. The number of carbonyl (C=O) groups is 2. The van der Waals surface area contributed by atoms with E-state index >= 15 is 0 Å². The molecule has 0 fully saturated rings. The van der Waals surface area contributed by atoms with E-state index in [1.807, 2.05) is 66.7 Å². The Morgan fingerprint density at radius 1 is 0.741 bits per heavy atom. The molecule has 0 saturated carbocycles. The van der Waals surface area contributed by atoms with E-state index in [1.165, 1.54) is 18.7 Å². The Bertz CT molecular complexity index is 907. The monoisotopic (exact) mass is 376 g/mol. The maximum Gasteiger partial charge on any atom is 0.234 e. The second kappa shape index (κ2) is 9.05. The molecule has 27 heavy (non-hydrogen) atoms. The third kappa shape index (κ3) is 5.72. The van der Waals surface area contributed by atoms with Crippen LogP contribution in [0.25, 0.3) is 11.1 Å². The predicted octanol–water partition coefficient (Wildman–Crippen LogP) is 5.04. The van der Waals surface area contributed by atoms with Crippen molar-refractivity contribution >= 4 is 35.0 Å². The van der Waals surface area contributed by atoms with Crippen LogP contribution in [0.2, 0.25) is 0 Å². The average Bonchev–Trinajstić information content (AvgIpc) is 2.68. The van der Waals surface area contributed by atoms with Crippen molar-refractivity contribution in [2.75, 3.05) is 16.4 Å². The van der Waals surface area contributed by atoms with Crippen LogP contribution in [0.3, 0.4) is 0 Å². The number of anilines is 2. The topological polar surface area (TPSA) is 58.2 Å². The molecule has 0 unspecified atom stereocenters. The summed E-state index contributed by atoms with van der Waals surface area (Å²) in [6.07, 6.45) is 0. The molecule has 0 radical (unpaired) electrons. The Labute approximate surface area is 163 Å². The molecule has 3 aromatic rings. The van der Waals surface area contributed by atoms with Gasteiger partial charge in [0.1, 0.15) is 0 Å². The highest BCUT2D eigenvalue weighted by Crippen LogP contribution is 2.23. The molecule has 0 spiro atoms. The van der Waals surface area contributed by atoms with Crippen LogP contribution in [-0.4, -0.2) is 17.6 Å².